The van der Waals surface area contributed by atoms with Crippen molar-refractivity contribution in [3.8, 4) is 0 Å². The van der Waals surface area contributed by atoms with Crippen molar-refractivity contribution in [2.45, 2.75) is 18.8 Å². The highest BCUT2D eigenvalue weighted by Gasteiger charge is 2.68. The van der Waals surface area contributed by atoms with E-state index in [-0.39, 0.29) is 29.6 Å². The summed E-state index contributed by atoms with van der Waals surface area (Å²) in [7, 11) is 0. The topological polar surface area (TPSA) is 37.4 Å². The van der Waals surface area contributed by atoms with E-state index in [2.05, 4.69) is 46.9 Å². The number of benzene rings is 3. The average Bonchev–Trinajstić information content (AvgIpc) is 2.95. The molecule has 7 rings (SSSR count). The Labute approximate surface area is 182 Å². The molecule has 4 aliphatic rings. The maximum atomic E-state index is 13.9. The predicted molar refractivity (Wildman–Crippen MR) is 120 cm³/mol. The molecule has 4 heteroatoms. The Kier molecular flexibility index (Phi) is 3.47. The van der Waals surface area contributed by atoms with Gasteiger partial charge in [0.05, 0.1) is 17.0 Å². The van der Waals surface area contributed by atoms with Crippen molar-refractivity contribution in [3.63, 3.8) is 0 Å². The minimum absolute atomic E-state index is 0.0716. The van der Waals surface area contributed by atoms with Crippen LogP contribution in [0.15, 0.2) is 72.8 Å². The van der Waals surface area contributed by atoms with Crippen LogP contribution >= 0.6 is 22.6 Å². The molecule has 2 atom stereocenters. The first-order valence-corrected chi connectivity index (χ1v) is 10.9. The predicted octanol–water partition coefficient (Wildman–Crippen LogP) is 5.08. The number of hydrogen-bond donors (Lipinski definition) is 0. The van der Waals surface area contributed by atoms with E-state index < -0.39 is 5.41 Å². The standard InChI is InChI=1S/C25H18INO2/c1-25-21-18-8-4-2-6-16(18)20(17-7-3-5-9-19(17)21)22(25)23(28)27(24(25)29)15-12-10-14(26)11-13-15/h2-13,20-22H,1H3/t20?,21?,22-,25-/m1/s1. The fourth-order valence-corrected chi connectivity index (χ4v) is 6.31. The minimum Gasteiger partial charge on any atom is -0.274 e. The normalized spacial score (nSPS) is 28.9. The van der Waals surface area contributed by atoms with Crippen LogP contribution in [0.25, 0.3) is 0 Å². The van der Waals surface area contributed by atoms with Gasteiger partial charge >= 0.3 is 0 Å². The fraction of sp³-hybridized carbons (Fsp3) is 0.200. The first-order valence-electron chi connectivity index (χ1n) is 9.85. The van der Waals surface area contributed by atoms with Crippen LogP contribution in [-0.4, -0.2) is 11.8 Å². The zero-order chi connectivity index (χ0) is 19.9. The van der Waals surface area contributed by atoms with Crippen molar-refractivity contribution < 1.29 is 9.59 Å². The van der Waals surface area contributed by atoms with Crippen LogP contribution in [0.3, 0.4) is 0 Å². The zero-order valence-corrected chi connectivity index (χ0v) is 18.0. The van der Waals surface area contributed by atoms with E-state index in [0.717, 1.165) is 3.57 Å². The molecule has 1 heterocycles. The Hall–Kier alpha value is -2.47. The van der Waals surface area contributed by atoms with E-state index in [0.29, 0.717) is 5.69 Å². The van der Waals surface area contributed by atoms with E-state index in [1.807, 2.05) is 55.5 Å². The molecule has 2 bridgehead atoms. The first kappa shape index (κ1) is 17.4. The Morgan fingerprint density at radius 1 is 0.793 bits per heavy atom. The van der Waals surface area contributed by atoms with Gasteiger partial charge in [0.1, 0.15) is 0 Å². The van der Waals surface area contributed by atoms with Gasteiger partial charge < -0.3 is 0 Å². The minimum atomic E-state index is -0.770. The van der Waals surface area contributed by atoms with Crippen molar-refractivity contribution >= 4 is 40.1 Å². The molecule has 0 N–H and O–H groups in total. The van der Waals surface area contributed by atoms with Crippen LogP contribution in [-0.2, 0) is 9.59 Å². The first-order chi connectivity index (χ1) is 14.0. The van der Waals surface area contributed by atoms with Gasteiger partial charge in [-0.3, -0.25) is 9.59 Å². The smallest absolute Gasteiger partial charge is 0.241 e. The van der Waals surface area contributed by atoms with Gasteiger partial charge in [0, 0.05) is 15.4 Å². The van der Waals surface area contributed by atoms with Gasteiger partial charge in [0.2, 0.25) is 11.8 Å². The van der Waals surface area contributed by atoms with Crippen molar-refractivity contribution in [1.82, 2.24) is 0 Å². The Bertz CT molecular complexity index is 1150. The van der Waals surface area contributed by atoms with Crippen LogP contribution in [0.1, 0.15) is 41.0 Å². The highest BCUT2D eigenvalue weighted by Crippen LogP contribution is 2.67. The van der Waals surface area contributed by atoms with Gasteiger partial charge in [-0.2, -0.15) is 0 Å². The summed E-state index contributed by atoms with van der Waals surface area (Å²) in [5, 5.41) is 0. The van der Waals surface area contributed by atoms with E-state index in [1.165, 1.54) is 27.2 Å². The van der Waals surface area contributed by atoms with E-state index in [4.69, 9.17) is 0 Å². The molecule has 0 spiro atoms. The molecule has 0 aromatic heterocycles. The molecule has 0 saturated carbocycles. The Balaban J connectivity index is 1.61. The molecule has 142 valence electrons. The lowest BCUT2D eigenvalue weighted by Gasteiger charge is -2.51. The molecule has 29 heavy (non-hydrogen) atoms. The van der Waals surface area contributed by atoms with Crippen molar-refractivity contribution in [2.24, 2.45) is 11.3 Å². The van der Waals surface area contributed by atoms with Crippen molar-refractivity contribution in [2.75, 3.05) is 4.90 Å². The van der Waals surface area contributed by atoms with E-state index in [9.17, 15) is 9.59 Å². The maximum absolute atomic E-state index is 13.9. The van der Waals surface area contributed by atoms with Gasteiger partial charge in [0.15, 0.2) is 0 Å². The van der Waals surface area contributed by atoms with Gasteiger partial charge in [-0.25, -0.2) is 4.90 Å². The monoisotopic (exact) mass is 491 g/mol. The number of imide groups is 1. The molecular formula is C25H18INO2. The molecule has 3 aromatic rings. The second-order valence-electron chi connectivity index (χ2n) is 8.38. The number of rotatable bonds is 1. The number of nitrogens with zero attached hydrogens (tertiary/aromatic N) is 1. The number of amides is 2. The van der Waals surface area contributed by atoms with Gasteiger partial charge in [-0.1, -0.05) is 48.5 Å². The second-order valence-corrected chi connectivity index (χ2v) is 9.63. The molecule has 3 aromatic carbocycles. The lowest BCUT2D eigenvalue weighted by Crippen LogP contribution is -2.49. The molecule has 2 amide bonds. The molecule has 1 fully saturated rings. The maximum Gasteiger partial charge on any atom is 0.241 e. The average molecular weight is 491 g/mol. The molecule has 1 aliphatic heterocycles. The number of carbonyl (C=O) groups is 2. The van der Waals surface area contributed by atoms with Gasteiger partial charge in [-0.15, -0.1) is 0 Å². The number of carbonyl (C=O) groups excluding carboxylic acids is 2. The second kappa shape index (κ2) is 5.79. The molecule has 1 saturated heterocycles. The SMILES string of the molecule is C[C@]12C(=O)N(c3ccc(I)cc3)C(=O)[C@H]1C1c3ccccc3C2c2ccccc21. The van der Waals surface area contributed by atoms with Crippen molar-refractivity contribution in [3.05, 3.63) is 98.6 Å². The molecule has 3 nitrogen and oxygen atoms in total. The molecule has 0 unspecified atom stereocenters. The summed E-state index contributed by atoms with van der Waals surface area (Å²) in [6.07, 6.45) is 0. The quantitative estimate of drug-likeness (QED) is 0.352. The third kappa shape index (κ3) is 2.03. The largest absolute Gasteiger partial charge is 0.274 e. The molecular weight excluding hydrogens is 473 g/mol. The van der Waals surface area contributed by atoms with Gasteiger partial charge in [-0.05, 0) is 76.0 Å². The summed E-state index contributed by atoms with van der Waals surface area (Å²) in [6, 6.07) is 24.3. The molecule has 0 radical (unpaired) electrons. The highest BCUT2D eigenvalue weighted by molar-refractivity contribution is 14.1. The molecule has 3 aliphatic carbocycles. The summed E-state index contributed by atoms with van der Waals surface area (Å²) in [5.74, 6) is -0.701. The van der Waals surface area contributed by atoms with E-state index in [1.54, 1.807) is 0 Å². The third-order valence-corrected chi connectivity index (χ3v) is 7.82. The van der Waals surface area contributed by atoms with Crippen LogP contribution in [0, 0.1) is 14.9 Å². The summed E-state index contributed by atoms with van der Waals surface area (Å²) in [5.41, 5.74) is 4.69. The third-order valence-electron chi connectivity index (χ3n) is 7.10. The highest BCUT2D eigenvalue weighted by atomic mass is 127. The lowest BCUT2D eigenvalue weighted by molar-refractivity contribution is -0.128. The Morgan fingerprint density at radius 2 is 1.31 bits per heavy atom. The van der Waals surface area contributed by atoms with E-state index >= 15 is 0 Å². The lowest BCUT2D eigenvalue weighted by atomic mass is 9.48. The number of hydrogen-bond acceptors (Lipinski definition) is 2. The van der Waals surface area contributed by atoms with Crippen LogP contribution in [0.4, 0.5) is 5.69 Å². The number of halogens is 1. The summed E-state index contributed by atoms with van der Waals surface area (Å²) in [4.78, 5) is 29.1. The van der Waals surface area contributed by atoms with Crippen LogP contribution in [0.2, 0.25) is 0 Å². The van der Waals surface area contributed by atoms with Crippen molar-refractivity contribution in [1.29, 1.82) is 0 Å². The zero-order valence-electron chi connectivity index (χ0n) is 15.8. The summed E-state index contributed by atoms with van der Waals surface area (Å²) >= 11 is 2.23. The fourth-order valence-electron chi connectivity index (χ4n) is 5.95. The van der Waals surface area contributed by atoms with Gasteiger partial charge in [0.25, 0.3) is 0 Å². The summed E-state index contributed by atoms with van der Waals surface area (Å²) < 4.78 is 1.08. The summed E-state index contributed by atoms with van der Waals surface area (Å²) in [6.45, 7) is 2.01. The number of anilines is 1. The van der Waals surface area contributed by atoms with Crippen LogP contribution in [0.5, 0.6) is 0 Å². The van der Waals surface area contributed by atoms with Crippen LogP contribution < -0.4 is 4.90 Å². The Morgan fingerprint density at radius 3 is 1.86 bits per heavy atom.